The van der Waals surface area contributed by atoms with Crippen LogP contribution in [0.3, 0.4) is 0 Å². The minimum Gasteiger partial charge on any atom is -0.508 e. The fourth-order valence-electron chi connectivity index (χ4n) is 1.69. The summed E-state index contributed by atoms with van der Waals surface area (Å²) in [5.41, 5.74) is 0.771. The molecule has 9 heteroatoms. The third-order valence-corrected chi connectivity index (χ3v) is 2.74. The number of amides is 1. The van der Waals surface area contributed by atoms with Crippen LogP contribution in [0.25, 0.3) is 0 Å². The number of nitriles is 1. The third kappa shape index (κ3) is 4.97. The highest BCUT2D eigenvalue weighted by molar-refractivity contribution is 5.96. The van der Waals surface area contributed by atoms with E-state index in [4.69, 9.17) is 5.26 Å². The van der Waals surface area contributed by atoms with E-state index in [-0.39, 0.29) is 17.3 Å². The molecule has 0 saturated carbocycles. The Morgan fingerprint density at radius 1 is 1.29 bits per heavy atom. The first-order valence-corrected chi connectivity index (χ1v) is 6.76. The van der Waals surface area contributed by atoms with Crippen LogP contribution < -0.4 is 16.0 Å². The second-order valence-electron chi connectivity index (χ2n) is 4.48. The predicted molar refractivity (Wildman–Crippen MR) is 85.6 cm³/mol. The van der Waals surface area contributed by atoms with Gasteiger partial charge in [-0.25, -0.2) is 0 Å². The molecule has 2 rings (SSSR count). The highest BCUT2D eigenvalue weighted by atomic mass is 16.3. The SMILES string of the molecule is N#CNC(=NC(O)NC(=O)c1ccc(O)cc1)Nc1cccnc1. The van der Waals surface area contributed by atoms with E-state index in [1.807, 2.05) is 0 Å². The van der Waals surface area contributed by atoms with Crippen molar-refractivity contribution in [3.8, 4) is 11.9 Å². The minimum atomic E-state index is -1.59. The van der Waals surface area contributed by atoms with E-state index in [1.165, 1.54) is 30.5 Å². The Morgan fingerprint density at radius 3 is 2.67 bits per heavy atom. The average Bonchev–Trinajstić information content (AvgIpc) is 2.56. The van der Waals surface area contributed by atoms with Gasteiger partial charge in [0, 0.05) is 11.8 Å². The topological polar surface area (TPSA) is 143 Å². The van der Waals surface area contributed by atoms with Gasteiger partial charge in [0.1, 0.15) is 5.75 Å². The smallest absolute Gasteiger partial charge is 0.254 e. The van der Waals surface area contributed by atoms with Gasteiger partial charge in [-0.15, -0.1) is 0 Å². The Balaban J connectivity index is 2.04. The quantitative estimate of drug-likeness (QED) is 0.179. The summed E-state index contributed by atoms with van der Waals surface area (Å²) in [6.07, 6.45) is 3.15. The van der Waals surface area contributed by atoms with Crippen LogP contribution in [-0.4, -0.2) is 33.4 Å². The monoisotopic (exact) mass is 326 g/mol. The molecule has 0 saturated heterocycles. The van der Waals surface area contributed by atoms with Gasteiger partial charge < -0.3 is 20.8 Å². The number of hydrogen-bond donors (Lipinski definition) is 5. The molecule has 24 heavy (non-hydrogen) atoms. The van der Waals surface area contributed by atoms with Gasteiger partial charge in [0.15, 0.2) is 6.19 Å². The lowest BCUT2D eigenvalue weighted by Crippen LogP contribution is -2.37. The summed E-state index contributed by atoms with van der Waals surface area (Å²) in [7, 11) is 0. The number of phenols is 1. The number of anilines is 1. The van der Waals surface area contributed by atoms with Gasteiger partial charge in [-0.05, 0) is 36.4 Å². The molecule has 1 aromatic carbocycles. The van der Waals surface area contributed by atoms with E-state index in [2.05, 4.69) is 25.9 Å². The normalized spacial score (nSPS) is 11.9. The van der Waals surface area contributed by atoms with Crippen LogP contribution in [-0.2, 0) is 0 Å². The van der Waals surface area contributed by atoms with E-state index in [1.54, 1.807) is 24.5 Å². The summed E-state index contributed by atoms with van der Waals surface area (Å²) in [5, 5.41) is 35.0. The molecule has 2 aromatic rings. The molecule has 1 aromatic heterocycles. The van der Waals surface area contributed by atoms with Crippen molar-refractivity contribution in [2.45, 2.75) is 6.35 Å². The zero-order chi connectivity index (χ0) is 17.4. The molecule has 0 aliphatic rings. The number of nitrogens with one attached hydrogen (secondary N) is 3. The van der Waals surface area contributed by atoms with Crippen molar-refractivity contribution >= 4 is 17.6 Å². The molecule has 0 bridgehead atoms. The number of hydrogen-bond acceptors (Lipinski definition) is 6. The molecule has 0 fully saturated rings. The van der Waals surface area contributed by atoms with Gasteiger partial charge in [-0.1, -0.05) is 0 Å². The van der Waals surface area contributed by atoms with Crippen molar-refractivity contribution in [3.05, 3.63) is 54.4 Å². The summed E-state index contributed by atoms with van der Waals surface area (Å²) < 4.78 is 0. The first kappa shape index (κ1) is 16.7. The van der Waals surface area contributed by atoms with Gasteiger partial charge in [0.05, 0.1) is 11.9 Å². The lowest BCUT2D eigenvalue weighted by Gasteiger charge is -2.12. The number of aliphatic hydroxyl groups excluding tert-OH is 1. The lowest BCUT2D eigenvalue weighted by molar-refractivity contribution is 0.0802. The van der Waals surface area contributed by atoms with E-state index in [0.717, 1.165) is 0 Å². The van der Waals surface area contributed by atoms with Crippen LogP contribution in [0.4, 0.5) is 5.69 Å². The Bertz CT molecular complexity index is 755. The van der Waals surface area contributed by atoms with E-state index >= 15 is 0 Å². The molecule has 0 aliphatic carbocycles. The Hall–Kier alpha value is -3.64. The summed E-state index contributed by atoms with van der Waals surface area (Å²) in [6.45, 7) is 0. The highest BCUT2D eigenvalue weighted by Gasteiger charge is 2.11. The Kier molecular flexibility index (Phi) is 5.65. The number of carbonyl (C=O) groups excluding carboxylic acids is 1. The number of phenolic OH excluding ortho intramolecular Hbond substituents is 1. The summed E-state index contributed by atoms with van der Waals surface area (Å²) >= 11 is 0. The third-order valence-electron chi connectivity index (χ3n) is 2.74. The van der Waals surface area contributed by atoms with Crippen LogP contribution in [0.1, 0.15) is 10.4 Å². The van der Waals surface area contributed by atoms with E-state index in [0.29, 0.717) is 5.69 Å². The molecule has 0 radical (unpaired) electrons. The number of pyridine rings is 1. The van der Waals surface area contributed by atoms with E-state index in [9.17, 15) is 15.0 Å². The van der Waals surface area contributed by atoms with E-state index < -0.39 is 12.3 Å². The van der Waals surface area contributed by atoms with Crippen LogP contribution in [0.15, 0.2) is 53.8 Å². The first-order valence-electron chi connectivity index (χ1n) is 6.76. The maximum Gasteiger partial charge on any atom is 0.254 e. The number of aromatic nitrogens is 1. The Morgan fingerprint density at radius 2 is 2.04 bits per heavy atom. The summed E-state index contributed by atoms with van der Waals surface area (Å²) in [6, 6.07) is 8.83. The average molecular weight is 326 g/mol. The molecule has 1 unspecified atom stereocenters. The van der Waals surface area contributed by atoms with Crippen LogP contribution in [0, 0.1) is 11.5 Å². The van der Waals surface area contributed by atoms with Crippen molar-refractivity contribution in [2.24, 2.45) is 4.99 Å². The summed E-state index contributed by atoms with van der Waals surface area (Å²) in [5.74, 6) is -0.640. The van der Waals surface area contributed by atoms with Gasteiger partial charge in [0.25, 0.3) is 5.91 Å². The zero-order valence-electron chi connectivity index (χ0n) is 12.3. The molecule has 9 nitrogen and oxygen atoms in total. The molecule has 0 aliphatic heterocycles. The van der Waals surface area contributed by atoms with Crippen LogP contribution in [0.5, 0.6) is 5.75 Å². The van der Waals surface area contributed by atoms with Crippen LogP contribution in [0.2, 0.25) is 0 Å². The fourth-order valence-corrected chi connectivity index (χ4v) is 1.69. The van der Waals surface area contributed by atoms with Gasteiger partial charge in [-0.2, -0.15) is 10.3 Å². The second kappa shape index (κ2) is 8.11. The Labute approximate surface area is 137 Å². The van der Waals surface area contributed by atoms with Crippen molar-refractivity contribution in [3.63, 3.8) is 0 Å². The largest absolute Gasteiger partial charge is 0.508 e. The molecule has 5 N–H and O–H groups in total. The van der Waals surface area contributed by atoms with Gasteiger partial charge in [0.2, 0.25) is 12.3 Å². The van der Waals surface area contributed by atoms with Gasteiger partial charge in [-0.3, -0.25) is 15.1 Å². The van der Waals surface area contributed by atoms with Crippen molar-refractivity contribution in [1.29, 1.82) is 5.26 Å². The number of nitrogens with zero attached hydrogens (tertiary/aromatic N) is 3. The lowest BCUT2D eigenvalue weighted by atomic mass is 10.2. The zero-order valence-corrected chi connectivity index (χ0v) is 12.3. The number of aliphatic hydroxyl groups is 1. The second-order valence-corrected chi connectivity index (χ2v) is 4.48. The molecule has 122 valence electrons. The molecular formula is C15H14N6O3. The van der Waals surface area contributed by atoms with Crippen molar-refractivity contribution in [1.82, 2.24) is 15.6 Å². The number of aliphatic imine (C=N–C) groups is 1. The number of benzene rings is 1. The van der Waals surface area contributed by atoms with Crippen molar-refractivity contribution in [2.75, 3.05) is 5.32 Å². The number of guanidine groups is 1. The minimum absolute atomic E-state index is 0.0197. The maximum atomic E-state index is 11.9. The highest BCUT2D eigenvalue weighted by Crippen LogP contribution is 2.09. The standard InChI is InChI=1S/C15H14N6O3/c16-9-18-14(19-11-2-1-7-17-8-11)21-15(24)20-13(23)10-3-5-12(22)6-4-10/h1-8,15,22,24H,(H,20,23)(H2,18,19,21). The number of rotatable bonds is 4. The molecule has 1 atom stereocenters. The van der Waals surface area contributed by atoms with Gasteiger partial charge >= 0.3 is 0 Å². The molecule has 1 amide bonds. The molecular weight excluding hydrogens is 312 g/mol. The van der Waals surface area contributed by atoms with Crippen LogP contribution >= 0.6 is 0 Å². The van der Waals surface area contributed by atoms with Crippen molar-refractivity contribution < 1.29 is 15.0 Å². The predicted octanol–water partition coefficient (Wildman–Crippen LogP) is 0.332. The fraction of sp³-hybridized carbons (Fsp3) is 0.0667. The molecule has 1 heterocycles. The summed E-state index contributed by atoms with van der Waals surface area (Å²) in [4.78, 5) is 19.6. The first-order chi connectivity index (χ1) is 11.6. The molecule has 0 spiro atoms. The maximum absolute atomic E-state index is 11.9. The number of aromatic hydroxyl groups is 1. The number of carbonyl (C=O) groups is 1.